The van der Waals surface area contributed by atoms with Crippen LogP contribution in [-0.4, -0.2) is 96.4 Å². The molecular formula is C22H33N3O8. The summed E-state index contributed by atoms with van der Waals surface area (Å²) < 4.78 is 5.23. The molecule has 0 aromatic heterocycles. The fourth-order valence-corrected chi connectivity index (χ4v) is 3.93. The van der Waals surface area contributed by atoms with Crippen LogP contribution < -0.4 is 15.5 Å². The first kappa shape index (κ1) is 26.7. The molecule has 0 saturated carbocycles. The van der Waals surface area contributed by atoms with Gasteiger partial charge in [0.05, 0.1) is 37.7 Å². The fraction of sp³-hybridized carbons (Fsp3) is 0.591. The number of rotatable bonds is 10. The van der Waals surface area contributed by atoms with Crippen LogP contribution in [-0.2, 0) is 16.0 Å². The number of carbonyl (C=O) groups excluding carboxylic acids is 3. The number of nitrogens with zero attached hydrogens (tertiary/aromatic N) is 1. The number of ether oxygens (including phenoxy) is 1. The van der Waals surface area contributed by atoms with E-state index in [1.165, 1.54) is 4.90 Å². The van der Waals surface area contributed by atoms with E-state index in [1.54, 1.807) is 13.8 Å². The number of hydrogen-bond acceptors (Lipinski definition) is 8. The minimum Gasteiger partial charge on any atom is -0.394 e. The van der Waals surface area contributed by atoms with Gasteiger partial charge in [-0.05, 0) is 37.0 Å². The quantitative estimate of drug-likeness (QED) is 0.239. The number of amides is 3. The molecule has 1 aliphatic heterocycles. The molecule has 1 aromatic rings. The number of hydrogen-bond donors (Lipinski definition) is 6. The molecule has 11 heteroatoms. The smallest absolute Gasteiger partial charge is 0.253 e. The highest BCUT2D eigenvalue weighted by molar-refractivity contribution is 6.08. The van der Waals surface area contributed by atoms with E-state index in [9.17, 15) is 24.6 Å². The molecule has 0 radical (unpaired) electrons. The second-order valence-electron chi connectivity index (χ2n) is 7.87. The lowest BCUT2D eigenvalue weighted by Gasteiger charge is -2.33. The Kier molecular flexibility index (Phi) is 9.74. The normalized spacial score (nSPS) is 15.8. The minimum absolute atomic E-state index is 0.120. The van der Waals surface area contributed by atoms with Crippen LogP contribution >= 0.6 is 0 Å². The number of carbonyl (C=O) groups is 3. The molecule has 1 aromatic carbocycles. The van der Waals surface area contributed by atoms with Gasteiger partial charge in [-0.3, -0.25) is 14.4 Å². The summed E-state index contributed by atoms with van der Waals surface area (Å²) in [6, 6.07) is 0. The summed E-state index contributed by atoms with van der Waals surface area (Å²) in [6.45, 7) is 4.14. The molecule has 2 atom stereocenters. The number of benzene rings is 1. The molecular weight excluding hydrogens is 434 g/mol. The predicted molar refractivity (Wildman–Crippen MR) is 119 cm³/mol. The summed E-state index contributed by atoms with van der Waals surface area (Å²) in [6.07, 6.45) is -1.90. The van der Waals surface area contributed by atoms with Gasteiger partial charge in [-0.2, -0.15) is 0 Å². The lowest BCUT2D eigenvalue weighted by molar-refractivity contribution is -0.125. The molecule has 0 aliphatic carbocycles. The predicted octanol–water partition coefficient (Wildman–Crippen LogP) is -1.60. The van der Waals surface area contributed by atoms with Gasteiger partial charge in [-0.25, -0.2) is 0 Å². The van der Waals surface area contributed by atoms with Gasteiger partial charge in [0.15, 0.2) is 0 Å². The lowest BCUT2D eigenvalue weighted by atomic mass is 9.87. The number of anilines is 1. The van der Waals surface area contributed by atoms with E-state index in [-0.39, 0.29) is 43.3 Å². The van der Waals surface area contributed by atoms with E-state index >= 15 is 0 Å². The summed E-state index contributed by atoms with van der Waals surface area (Å²) in [5.74, 6) is -1.41. The molecule has 1 saturated heterocycles. The van der Waals surface area contributed by atoms with Crippen molar-refractivity contribution < 1.29 is 39.5 Å². The van der Waals surface area contributed by atoms with Crippen molar-refractivity contribution in [3.05, 3.63) is 27.8 Å². The monoisotopic (exact) mass is 467 g/mol. The second kappa shape index (κ2) is 12.1. The van der Waals surface area contributed by atoms with Crippen molar-refractivity contribution in [2.24, 2.45) is 0 Å². The SMILES string of the molecule is CCc1c(C(=O)NCC(O)CO)c(C)c(C(=O)NCC(O)CO)c(C)c1N1CCOCC1=O. The van der Waals surface area contributed by atoms with Gasteiger partial charge in [0.2, 0.25) is 0 Å². The minimum atomic E-state index is -1.15. The Labute approximate surface area is 192 Å². The highest BCUT2D eigenvalue weighted by Gasteiger charge is 2.32. The maximum atomic E-state index is 13.1. The van der Waals surface area contributed by atoms with Crippen LogP contribution in [0.2, 0.25) is 0 Å². The Balaban J connectivity index is 2.65. The Morgan fingerprint density at radius 3 is 2.03 bits per heavy atom. The summed E-state index contributed by atoms with van der Waals surface area (Å²) >= 11 is 0. The summed E-state index contributed by atoms with van der Waals surface area (Å²) in [7, 11) is 0. The van der Waals surface area contributed by atoms with E-state index in [4.69, 9.17) is 14.9 Å². The first-order valence-corrected chi connectivity index (χ1v) is 10.9. The Bertz CT molecular complexity index is 889. The van der Waals surface area contributed by atoms with E-state index in [0.717, 1.165) is 0 Å². The van der Waals surface area contributed by atoms with E-state index in [0.29, 0.717) is 35.4 Å². The van der Waals surface area contributed by atoms with Gasteiger partial charge in [-0.15, -0.1) is 0 Å². The van der Waals surface area contributed by atoms with Crippen molar-refractivity contribution >= 4 is 23.4 Å². The molecule has 1 fully saturated rings. The van der Waals surface area contributed by atoms with Gasteiger partial charge < -0.3 is 40.7 Å². The van der Waals surface area contributed by atoms with Crippen LogP contribution in [0, 0.1) is 13.8 Å². The van der Waals surface area contributed by atoms with Crippen molar-refractivity contribution in [1.29, 1.82) is 0 Å². The molecule has 1 aliphatic rings. The third-order valence-electron chi connectivity index (χ3n) is 5.55. The number of aliphatic hydroxyl groups is 4. The molecule has 6 N–H and O–H groups in total. The summed E-state index contributed by atoms with van der Waals surface area (Å²) in [5, 5.41) is 42.5. The van der Waals surface area contributed by atoms with Crippen LogP contribution in [0.4, 0.5) is 5.69 Å². The largest absolute Gasteiger partial charge is 0.394 e. The molecule has 2 unspecified atom stereocenters. The number of nitrogens with one attached hydrogen (secondary N) is 2. The van der Waals surface area contributed by atoms with Crippen molar-refractivity contribution in [2.75, 3.05) is 51.0 Å². The van der Waals surface area contributed by atoms with Gasteiger partial charge in [-0.1, -0.05) is 6.92 Å². The molecule has 3 amide bonds. The maximum absolute atomic E-state index is 13.1. The first-order chi connectivity index (χ1) is 15.7. The zero-order valence-corrected chi connectivity index (χ0v) is 19.2. The highest BCUT2D eigenvalue weighted by Crippen LogP contribution is 2.36. The first-order valence-electron chi connectivity index (χ1n) is 10.9. The van der Waals surface area contributed by atoms with Crippen molar-refractivity contribution in [3.63, 3.8) is 0 Å². The lowest BCUT2D eigenvalue weighted by Crippen LogP contribution is -2.44. The average Bonchev–Trinajstić information content (AvgIpc) is 2.80. The van der Waals surface area contributed by atoms with Gasteiger partial charge in [0.25, 0.3) is 17.7 Å². The molecule has 1 heterocycles. The van der Waals surface area contributed by atoms with Crippen LogP contribution in [0.5, 0.6) is 0 Å². The fourth-order valence-electron chi connectivity index (χ4n) is 3.93. The van der Waals surface area contributed by atoms with Crippen LogP contribution in [0.25, 0.3) is 0 Å². The number of aliphatic hydroxyl groups excluding tert-OH is 4. The van der Waals surface area contributed by atoms with Crippen molar-refractivity contribution in [2.45, 2.75) is 39.4 Å². The standard InChI is InChI=1S/C22H33N3O8/c1-4-16-19(22(32)24-8-15(29)10-27)12(2)18(21(31)23-7-14(28)9-26)13(3)20(16)25-5-6-33-11-17(25)30/h14-15,26-29H,4-11H2,1-3H3,(H,23,31)(H,24,32). The molecule has 11 nitrogen and oxygen atoms in total. The molecule has 0 spiro atoms. The Morgan fingerprint density at radius 2 is 1.55 bits per heavy atom. The van der Waals surface area contributed by atoms with E-state index in [1.807, 2.05) is 6.92 Å². The zero-order chi connectivity index (χ0) is 24.7. The van der Waals surface area contributed by atoms with Gasteiger partial charge in [0.1, 0.15) is 6.61 Å². The summed E-state index contributed by atoms with van der Waals surface area (Å²) in [5.41, 5.74) is 2.29. The average molecular weight is 468 g/mol. The third kappa shape index (κ3) is 6.06. The zero-order valence-electron chi connectivity index (χ0n) is 19.2. The maximum Gasteiger partial charge on any atom is 0.253 e. The highest BCUT2D eigenvalue weighted by atomic mass is 16.5. The number of morpholine rings is 1. The van der Waals surface area contributed by atoms with Gasteiger partial charge >= 0.3 is 0 Å². The van der Waals surface area contributed by atoms with Crippen LogP contribution in [0.15, 0.2) is 0 Å². The second-order valence-corrected chi connectivity index (χ2v) is 7.87. The Hall–Kier alpha value is -2.57. The van der Waals surface area contributed by atoms with Crippen molar-refractivity contribution in [1.82, 2.24) is 10.6 Å². The Morgan fingerprint density at radius 1 is 1.00 bits per heavy atom. The molecule has 2 rings (SSSR count). The van der Waals surface area contributed by atoms with E-state index < -0.39 is 37.2 Å². The molecule has 33 heavy (non-hydrogen) atoms. The van der Waals surface area contributed by atoms with Crippen molar-refractivity contribution in [3.8, 4) is 0 Å². The topological polar surface area (TPSA) is 169 Å². The van der Waals surface area contributed by atoms with Gasteiger partial charge in [0, 0.05) is 30.8 Å². The molecule has 0 bridgehead atoms. The third-order valence-corrected chi connectivity index (χ3v) is 5.55. The van der Waals surface area contributed by atoms with E-state index in [2.05, 4.69) is 10.6 Å². The van der Waals surface area contributed by atoms with Crippen LogP contribution in [0.1, 0.15) is 44.3 Å². The van der Waals surface area contributed by atoms with Crippen LogP contribution in [0.3, 0.4) is 0 Å². The molecule has 184 valence electrons. The summed E-state index contributed by atoms with van der Waals surface area (Å²) in [4.78, 5) is 40.4.